The van der Waals surface area contributed by atoms with Gasteiger partial charge < -0.3 is 4.74 Å². The molecule has 0 N–H and O–H groups in total. The zero-order chi connectivity index (χ0) is 13.3. The Kier molecular flexibility index (Phi) is 3.47. The lowest BCUT2D eigenvalue weighted by Crippen LogP contribution is -2.11. The molecule has 0 aromatic heterocycles. The Morgan fingerprint density at radius 3 is 2.72 bits per heavy atom. The standard InChI is InChI=1S/C16H22O2/c1-16(2,3)13-7-8-14-11(9-13)5-6-12(14)10-15(17)18-4/h7-9,12H,5-6,10H2,1-4H3. The van der Waals surface area contributed by atoms with E-state index in [0.717, 1.165) is 12.8 Å². The number of carbonyl (C=O) groups excluding carboxylic acids is 1. The Morgan fingerprint density at radius 1 is 1.39 bits per heavy atom. The topological polar surface area (TPSA) is 26.3 Å². The summed E-state index contributed by atoms with van der Waals surface area (Å²) in [6.07, 6.45) is 2.66. The van der Waals surface area contributed by atoms with E-state index in [-0.39, 0.29) is 11.4 Å². The first-order valence-electron chi connectivity index (χ1n) is 6.62. The van der Waals surface area contributed by atoms with Crippen LogP contribution in [0.2, 0.25) is 0 Å². The van der Waals surface area contributed by atoms with Gasteiger partial charge in [0.05, 0.1) is 13.5 Å². The number of aryl methyl sites for hydroxylation is 1. The van der Waals surface area contributed by atoms with Crippen molar-refractivity contribution in [1.82, 2.24) is 0 Å². The van der Waals surface area contributed by atoms with Crippen LogP contribution in [0.1, 0.15) is 56.2 Å². The fraction of sp³-hybridized carbons (Fsp3) is 0.562. The van der Waals surface area contributed by atoms with Gasteiger partial charge in [-0.05, 0) is 40.9 Å². The number of benzene rings is 1. The lowest BCUT2D eigenvalue weighted by Gasteiger charge is -2.20. The van der Waals surface area contributed by atoms with Gasteiger partial charge in [-0.3, -0.25) is 4.79 Å². The second-order valence-corrected chi connectivity index (χ2v) is 6.18. The van der Waals surface area contributed by atoms with Crippen LogP contribution in [0, 0.1) is 0 Å². The normalized spacial score (nSPS) is 18.6. The van der Waals surface area contributed by atoms with E-state index in [1.165, 1.54) is 23.8 Å². The first-order valence-corrected chi connectivity index (χ1v) is 6.62. The summed E-state index contributed by atoms with van der Waals surface area (Å²) in [5, 5.41) is 0. The van der Waals surface area contributed by atoms with Gasteiger partial charge in [0.2, 0.25) is 0 Å². The predicted molar refractivity (Wildman–Crippen MR) is 72.8 cm³/mol. The predicted octanol–water partition coefficient (Wildman–Crippen LogP) is 3.58. The molecule has 18 heavy (non-hydrogen) atoms. The summed E-state index contributed by atoms with van der Waals surface area (Å²) in [5.74, 6) is 0.245. The largest absolute Gasteiger partial charge is 0.469 e. The molecule has 2 heteroatoms. The molecular weight excluding hydrogens is 224 g/mol. The number of methoxy groups -OCH3 is 1. The van der Waals surface area contributed by atoms with Gasteiger partial charge in [0.25, 0.3) is 0 Å². The molecule has 1 aromatic carbocycles. The summed E-state index contributed by atoms with van der Waals surface area (Å²) >= 11 is 0. The molecule has 2 rings (SSSR count). The van der Waals surface area contributed by atoms with Crippen LogP contribution < -0.4 is 0 Å². The molecular formula is C16H22O2. The fourth-order valence-corrected chi connectivity index (χ4v) is 2.67. The Labute approximate surface area is 109 Å². The minimum Gasteiger partial charge on any atom is -0.469 e. The average molecular weight is 246 g/mol. The molecule has 1 aliphatic carbocycles. The molecule has 0 radical (unpaired) electrons. The van der Waals surface area contributed by atoms with Gasteiger partial charge in [-0.2, -0.15) is 0 Å². The van der Waals surface area contributed by atoms with Crippen molar-refractivity contribution in [3.05, 3.63) is 34.9 Å². The molecule has 98 valence electrons. The number of ether oxygens (including phenoxy) is 1. The van der Waals surface area contributed by atoms with E-state index in [0.29, 0.717) is 12.3 Å². The molecule has 2 nitrogen and oxygen atoms in total. The van der Waals surface area contributed by atoms with E-state index in [2.05, 4.69) is 39.0 Å². The quantitative estimate of drug-likeness (QED) is 0.746. The van der Waals surface area contributed by atoms with Gasteiger partial charge in [0.15, 0.2) is 0 Å². The average Bonchev–Trinajstić information content (AvgIpc) is 2.70. The second-order valence-electron chi connectivity index (χ2n) is 6.18. The highest BCUT2D eigenvalue weighted by Crippen LogP contribution is 2.37. The number of carbonyl (C=O) groups is 1. The third-order valence-electron chi connectivity index (χ3n) is 3.85. The maximum atomic E-state index is 11.4. The molecule has 0 aliphatic heterocycles. The van der Waals surface area contributed by atoms with E-state index in [4.69, 9.17) is 4.74 Å². The Bertz CT molecular complexity index is 455. The maximum absolute atomic E-state index is 11.4. The summed E-state index contributed by atoms with van der Waals surface area (Å²) in [7, 11) is 1.46. The van der Waals surface area contributed by atoms with Crippen molar-refractivity contribution in [2.24, 2.45) is 0 Å². The lowest BCUT2D eigenvalue weighted by atomic mass is 9.85. The van der Waals surface area contributed by atoms with Crippen LogP contribution in [-0.4, -0.2) is 13.1 Å². The van der Waals surface area contributed by atoms with Crippen LogP contribution in [0.4, 0.5) is 0 Å². The van der Waals surface area contributed by atoms with Crippen LogP contribution >= 0.6 is 0 Å². The Morgan fingerprint density at radius 2 is 2.11 bits per heavy atom. The van der Waals surface area contributed by atoms with Crippen LogP contribution in [0.3, 0.4) is 0 Å². The number of rotatable bonds is 2. The van der Waals surface area contributed by atoms with Gasteiger partial charge in [-0.1, -0.05) is 39.0 Å². The number of hydrogen-bond acceptors (Lipinski definition) is 2. The van der Waals surface area contributed by atoms with E-state index >= 15 is 0 Å². The summed E-state index contributed by atoms with van der Waals surface area (Å²) in [6, 6.07) is 6.72. The van der Waals surface area contributed by atoms with Gasteiger partial charge in [0, 0.05) is 0 Å². The monoisotopic (exact) mass is 246 g/mol. The molecule has 0 amide bonds. The highest BCUT2D eigenvalue weighted by Gasteiger charge is 2.26. The second kappa shape index (κ2) is 4.75. The molecule has 0 fully saturated rings. The maximum Gasteiger partial charge on any atom is 0.306 e. The highest BCUT2D eigenvalue weighted by molar-refractivity contribution is 5.70. The van der Waals surface area contributed by atoms with Crippen LogP contribution in [0.15, 0.2) is 18.2 Å². The third-order valence-corrected chi connectivity index (χ3v) is 3.85. The van der Waals surface area contributed by atoms with Crippen molar-refractivity contribution < 1.29 is 9.53 Å². The van der Waals surface area contributed by atoms with Gasteiger partial charge >= 0.3 is 5.97 Å². The molecule has 0 bridgehead atoms. The van der Waals surface area contributed by atoms with E-state index in [9.17, 15) is 4.79 Å². The number of esters is 1. The molecule has 0 heterocycles. The third kappa shape index (κ3) is 2.58. The molecule has 1 unspecified atom stereocenters. The smallest absolute Gasteiger partial charge is 0.306 e. The van der Waals surface area contributed by atoms with Crippen LogP contribution in [0.5, 0.6) is 0 Å². The molecule has 1 atom stereocenters. The summed E-state index contributed by atoms with van der Waals surface area (Å²) < 4.78 is 4.77. The minimum absolute atomic E-state index is 0.104. The molecule has 0 saturated heterocycles. The van der Waals surface area contributed by atoms with Crippen molar-refractivity contribution in [1.29, 1.82) is 0 Å². The first kappa shape index (κ1) is 13.1. The summed E-state index contributed by atoms with van der Waals surface area (Å²) in [4.78, 5) is 11.4. The van der Waals surface area contributed by atoms with E-state index in [1.807, 2.05) is 0 Å². The van der Waals surface area contributed by atoms with Gasteiger partial charge in [-0.25, -0.2) is 0 Å². The molecule has 1 aromatic rings. The fourth-order valence-electron chi connectivity index (χ4n) is 2.67. The van der Waals surface area contributed by atoms with Crippen LogP contribution in [-0.2, 0) is 21.4 Å². The van der Waals surface area contributed by atoms with Crippen LogP contribution in [0.25, 0.3) is 0 Å². The Balaban J connectivity index is 2.23. The van der Waals surface area contributed by atoms with E-state index < -0.39 is 0 Å². The van der Waals surface area contributed by atoms with Gasteiger partial charge in [0.1, 0.15) is 0 Å². The van der Waals surface area contributed by atoms with E-state index in [1.54, 1.807) is 0 Å². The zero-order valence-electron chi connectivity index (χ0n) is 11.7. The summed E-state index contributed by atoms with van der Waals surface area (Å²) in [6.45, 7) is 6.70. The zero-order valence-corrected chi connectivity index (χ0v) is 11.7. The van der Waals surface area contributed by atoms with Crippen molar-refractivity contribution in [2.45, 2.75) is 51.4 Å². The number of fused-ring (bicyclic) bond motifs is 1. The minimum atomic E-state index is -0.104. The summed E-state index contributed by atoms with van der Waals surface area (Å²) in [5.41, 5.74) is 4.32. The van der Waals surface area contributed by atoms with Crippen molar-refractivity contribution in [3.8, 4) is 0 Å². The number of hydrogen-bond donors (Lipinski definition) is 0. The van der Waals surface area contributed by atoms with Crippen molar-refractivity contribution in [2.75, 3.05) is 7.11 Å². The van der Waals surface area contributed by atoms with Crippen molar-refractivity contribution in [3.63, 3.8) is 0 Å². The molecule has 0 saturated carbocycles. The Hall–Kier alpha value is -1.31. The molecule has 1 aliphatic rings. The van der Waals surface area contributed by atoms with Gasteiger partial charge in [-0.15, -0.1) is 0 Å². The molecule has 0 spiro atoms. The van der Waals surface area contributed by atoms with Crippen molar-refractivity contribution >= 4 is 5.97 Å². The highest BCUT2D eigenvalue weighted by atomic mass is 16.5. The lowest BCUT2D eigenvalue weighted by molar-refractivity contribution is -0.141. The SMILES string of the molecule is COC(=O)CC1CCc2cc(C(C)(C)C)ccc21. The first-order chi connectivity index (χ1) is 8.41.